The third-order valence-corrected chi connectivity index (χ3v) is 4.51. The van der Waals surface area contributed by atoms with Crippen molar-refractivity contribution < 1.29 is 19.7 Å². The fourth-order valence-corrected chi connectivity index (χ4v) is 3.14. The van der Waals surface area contributed by atoms with Crippen molar-refractivity contribution in [3.8, 4) is 5.88 Å². The molecule has 0 radical (unpaired) electrons. The van der Waals surface area contributed by atoms with E-state index < -0.39 is 12.2 Å². The van der Waals surface area contributed by atoms with Gasteiger partial charge in [-0.05, 0) is 6.07 Å². The molecule has 0 bridgehead atoms. The van der Waals surface area contributed by atoms with Crippen LogP contribution in [0.4, 0.5) is 4.79 Å². The maximum Gasteiger partial charge on any atom is 0.404 e. The first kappa shape index (κ1) is 18.1. The van der Waals surface area contributed by atoms with Gasteiger partial charge in [0, 0.05) is 44.7 Å². The first-order valence-corrected chi connectivity index (χ1v) is 8.25. The van der Waals surface area contributed by atoms with Crippen LogP contribution in [0.2, 0.25) is 0 Å². The first-order valence-electron chi connectivity index (χ1n) is 8.25. The van der Waals surface area contributed by atoms with Crippen LogP contribution in [-0.4, -0.2) is 75.1 Å². The van der Waals surface area contributed by atoms with Gasteiger partial charge in [-0.3, -0.25) is 14.3 Å². The molecular formula is C16H21N5O5. The van der Waals surface area contributed by atoms with E-state index in [1.54, 1.807) is 12.1 Å². The van der Waals surface area contributed by atoms with Crippen LogP contribution in [0.25, 0.3) is 11.2 Å². The van der Waals surface area contributed by atoms with Crippen molar-refractivity contribution in [1.29, 1.82) is 0 Å². The summed E-state index contributed by atoms with van der Waals surface area (Å²) in [7, 11) is 1.50. The summed E-state index contributed by atoms with van der Waals surface area (Å²) in [6, 6.07) is 3.42. The van der Waals surface area contributed by atoms with E-state index in [0.29, 0.717) is 43.2 Å². The van der Waals surface area contributed by atoms with Crippen LogP contribution < -0.4 is 15.6 Å². The summed E-state index contributed by atoms with van der Waals surface area (Å²) < 4.78 is 6.64. The Hall–Kier alpha value is -2.72. The highest BCUT2D eigenvalue weighted by Crippen LogP contribution is 2.17. The molecule has 2 atom stereocenters. The molecule has 3 N–H and O–H groups in total. The predicted octanol–water partition coefficient (Wildman–Crippen LogP) is -0.640. The summed E-state index contributed by atoms with van der Waals surface area (Å²) in [5.41, 5.74) is 0.776. The smallest absolute Gasteiger partial charge is 0.404 e. The highest BCUT2D eigenvalue weighted by molar-refractivity contribution is 5.70. The molecule has 0 aliphatic carbocycles. The maximum absolute atomic E-state index is 12.2. The zero-order valence-electron chi connectivity index (χ0n) is 14.3. The van der Waals surface area contributed by atoms with Gasteiger partial charge in [0.15, 0.2) is 5.65 Å². The molecule has 1 aliphatic rings. The number of aliphatic hydroxyl groups is 1. The van der Waals surface area contributed by atoms with Crippen molar-refractivity contribution >= 4 is 17.3 Å². The van der Waals surface area contributed by atoms with Crippen LogP contribution in [0.5, 0.6) is 5.88 Å². The number of hydrogen-bond acceptors (Lipinski definition) is 7. The number of carboxylic acid groups (broad SMARTS) is 1. The molecule has 140 valence electrons. The molecule has 1 saturated heterocycles. The Bertz CT molecular complexity index is 855. The third-order valence-electron chi connectivity index (χ3n) is 4.51. The summed E-state index contributed by atoms with van der Waals surface area (Å²) >= 11 is 0. The summed E-state index contributed by atoms with van der Waals surface area (Å²) in [6.45, 7) is 2.09. The van der Waals surface area contributed by atoms with Crippen molar-refractivity contribution in [2.75, 3.05) is 33.3 Å². The Labute approximate surface area is 149 Å². The standard InChI is InChI=1S/C16H21N5O5/c1-26-13-3-2-11-15(19-13)21(14(23)7-17-11)5-4-20-8-10(12(22)9-20)6-18-16(24)25/h2-3,7,10,12,18,22H,4-6,8-9H2,1H3,(H,24,25)/t10-,12+/m0/s1. The maximum atomic E-state index is 12.2. The molecule has 10 nitrogen and oxygen atoms in total. The van der Waals surface area contributed by atoms with Crippen LogP contribution in [-0.2, 0) is 6.54 Å². The number of pyridine rings is 1. The van der Waals surface area contributed by atoms with Gasteiger partial charge in [-0.1, -0.05) is 0 Å². The minimum atomic E-state index is -1.11. The van der Waals surface area contributed by atoms with Gasteiger partial charge in [-0.15, -0.1) is 0 Å². The number of aliphatic hydroxyl groups excluding tert-OH is 1. The van der Waals surface area contributed by atoms with E-state index in [2.05, 4.69) is 15.3 Å². The van der Waals surface area contributed by atoms with E-state index in [1.807, 2.05) is 4.90 Å². The number of ether oxygens (including phenoxy) is 1. The highest BCUT2D eigenvalue weighted by Gasteiger charge is 2.31. The van der Waals surface area contributed by atoms with Gasteiger partial charge in [0.1, 0.15) is 5.52 Å². The van der Waals surface area contributed by atoms with Crippen molar-refractivity contribution in [3.05, 3.63) is 28.7 Å². The van der Waals surface area contributed by atoms with Crippen molar-refractivity contribution in [3.63, 3.8) is 0 Å². The Morgan fingerprint density at radius 1 is 1.38 bits per heavy atom. The molecule has 1 fully saturated rings. The number of amides is 1. The number of hydrogen-bond donors (Lipinski definition) is 3. The number of methoxy groups -OCH3 is 1. The topological polar surface area (TPSA) is 130 Å². The Morgan fingerprint density at radius 2 is 2.19 bits per heavy atom. The Kier molecular flexibility index (Phi) is 5.33. The second-order valence-corrected chi connectivity index (χ2v) is 6.22. The normalized spacial score (nSPS) is 20.4. The second kappa shape index (κ2) is 7.67. The molecule has 0 unspecified atom stereocenters. The molecule has 1 amide bonds. The molecule has 2 aromatic rings. The van der Waals surface area contributed by atoms with Crippen LogP contribution in [0, 0.1) is 5.92 Å². The quantitative estimate of drug-likeness (QED) is 0.618. The van der Waals surface area contributed by atoms with Gasteiger partial charge in [0.05, 0.1) is 19.4 Å². The van der Waals surface area contributed by atoms with Gasteiger partial charge in [-0.25, -0.2) is 9.78 Å². The minimum Gasteiger partial charge on any atom is -0.481 e. The number of fused-ring (bicyclic) bond motifs is 1. The minimum absolute atomic E-state index is 0.171. The average molecular weight is 363 g/mol. The lowest BCUT2D eigenvalue weighted by molar-refractivity contribution is 0.138. The number of nitrogens with zero attached hydrogens (tertiary/aromatic N) is 4. The summed E-state index contributed by atoms with van der Waals surface area (Å²) in [6.07, 6.45) is -0.453. The monoisotopic (exact) mass is 363 g/mol. The van der Waals surface area contributed by atoms with E-state index in [1.165, 1.54) is 17.9 Å². The molecular weight excluding hydrogens is 342 g/mol. The number of carbonyl (C=O) groups is 1. The molecule has 1 aliphatic heterocycles. The Balaban J connectivity index is 1.71. The number of β-amino-alcohol motifs (C(OH)–C–C–N with tert-alkyl or cyclic N) is 1. The largest absolute Gasteiger partial charge is 0.481 e. The highest BCUT2D eigenvalue weighted by atomic mass is 16.5. The molecule has 0 saturated carbocycles. The van der Waals surface area contributed by atoms with Crippen LogP contribution in [0.3, 0.4) is 0 Å². The van der Waals surface area contributed by atoms with Gasteiger partial charge in [-0.2, -0.15) is 4.98 Å². The number of likely N-dealkylation sites (tertiary alicyclic amines) is 1. The fourth-order valence-electron chi connectivity index (χ4n) is 3.14. The predicted molar refractivity (Wildman–Crippen MR) is 92.3 cm³/mol. The van der Waals surface area contributed by atoms with Crippen LogP contribution >= 0.6 is 0 Å². The zero-order chi connectivity index (χ0) is 18.7. The average Bonchev–Trinajstić information content (AvgIpc) is 2.98. The van der Waals surface area contributed by atoms with Crippen LogP contribution in [0.1, 0.15) is 0 Å². The molecule has 0 aromatic carbocycles. The first-order chi connectivity index (χ1) is 12.5. The van der Waals surface area contributed by atoms with Gasteiger partial charge in [0.25, 0.3) is 5.56 Å². The van der Waals surface area contributed by atoms with Gasteiger partial charge in [0.2, 0.25) is 5.88 Å². The molecule has 3 rings (SSSR count). The van der Waals surface area contributed by atoms with E-state index in [4.69, 9.17) is 9.84 Å². The van der Waals surface area contributed by atoms with Crippen molar-refractivity contribution in [2.45, 2.75) is 12.6 Å². The number of aromatic nitrogens is 3. The van der Waals surface area contributed by atoms with Crippen molar-refractivity contribution in [2.24, 2.45) is 5.92 Å². The lowest BCUT2D eigenvalue weighted by atomic mass is 10.1. The molecule has 26 heavy (non-hydrogen) atoms. The third kappa shape index (κ3) is 3.92. The van der Waals surface area contributed by atoms with Crippen LogP contribution in [0.15, 0.2) is 23.1 Å². The summed E-state index contributed by atoms with van der Waals surface area (Å²) in [4.78, 5) is 33.2. The molecule has 3 heterocycles. The zero-order valence-corrected chi connectivity index (χ0v) is 14.3. The fraction of sp³-hybridized carbons (Fsp3) is 0.500. The van der Waals surface area contributed by atoms with E-state index in [9.17, 15) is 14.7 Å². The lowest BCUT2D eigenvalue weighted by Gasteiger charge is -2.17. The molecule has 0 spiro atoms. The Morgan fingerprint density at radius 3 is 2.92 bits per heavy atom. The lowest BCUT2D eigenvalue weighted by Crippen LogP contribution is -2.33. The second-order valence-electron chi connectivity index (χ2n) is 6.22. The summed E-state index contributed by atoms with van der Waals surface area (Å²) in [5, 5.41) is 21.1. The van der Waals surface area contributed by atoms with E-state index in [0.717, 1.165) is 0 Å². The molecule has 2 aromatic heterocycles. The number of rotatable bonds is 6. The molecule has 10 heteroatoms. The summed E-state index contributed by atoms with van der Waals surface area (Å²) in [5.74, 6) is 0.227. The van der Waals surface area contributed by atoms with E-state index in [-0.39, 0.29) is 18.0 Å². The van der Waals surface area contributed by atoms with Gasteiger partial charge >= 0.3 is 6.09 Å². The van der Waals surface area contributed by atoms with Gasteiger partial charge < -0.3 is 20.3 Å². The van der Waals surface area contributed by atoms with E-state index >= 15 is 0 Å². The SMILES string of the molecule is COc1ccc2ncc(=O)n(CCN3C[C@H](CNC(=O)O)[C@H](O)C3)c2n1. The van der Waals surface area contributed by atoms with Crippen molar-refractivity contribution in [1.82, 2.24) is 24.8 Å². The number of nitrogens with one attached hydrogen (secondary N) is 1.